The third-order valence-electron chi connectivity index (χ3n) is 5.26. The molecule has 3 rings (SSSR count). The van der Waals surface area contributed by atoms with Gasteiger partial charge in [0, 0.05) is 11.1 Å². The first-order valence-corrected chi connectivity index (χ1v) is 9.92. The topological polar surface area (TPSA) is 53.4 Å². The van der Waals surface area contributed by atoms with Crippen molar-refractivity contribution in [1.29, 1.82) is 0 Å². The second-order valence-electron chi connectivity index (χ2n) is 7.66. The monoisotopic (exact) mass is 451 g/mol. The van der Waals surface area contributed by atoms with Gasteiger partial charge in [0.2, 0.25) is 0 Å². The maximum atomic E-state index is 14.0. The van der Waals surface area contributed by atoms with E-state index in [2.05, 4.69) is 4.98 Å². The van der Waals surface area contributed by atoms with Crippen LogP contribution >= 0.6 is 0 Å². The van der Waals surface area contributed by atoms with E-state index >= 15 is 0 Å². The summed E-state index contributed by atoms with van der Waals surface area (Å²) in [7, 11) is 0. The molecule has 1 aromatic heterocycles. The summed E-state index contributed by atoms with van der Waals surface area (Å²) in [5.41, 5.74) is -2.98. The number of aliphatic hydroxyl groups is 2. The normalized spacial score (nSPS) is 13.1. The van der Waals surface area contributed by atoms with Gasteiger partial charge in [-0.3, -0.25) is 0 Å². The average Bonchev–Trinajstić information content (AvgIpc) is 2.77. The molecule has 1 heterocycles. The second kappa shape index (κ2) is 9.34. The molecule has 0 saturated heterocycles. The third-order valence-corrected chi connectivity index (χ3v) is 5.26. The molecule has 0 aliphatic heterocycles. The van der Waals surface area contributed by atoms with Crippen molar-refractivity contribution in [2.75, 3.05) is 0 Å². The van der Waals surface area contributed by atoms with E-state index in [0.717, 1.165) is 5.56 Å². The van der Waals surface area contributed by atoms with Crippen molar-refractivity contribution in [3.63, 3.8) is 0 Å². The van der Waals surface area contributed by atoms with Crippen molar-refractivity contribution in [3.8, 4) is 11.1 Å². The Bertz CT molecular complexity index is 1060. The van der Waals surface area contributed by atoms with Crippen molar-refractivity contribution in [3.05, 3.63) is 88.2 Å². The Morgan fingerprint density at radius 2 is 1.47 bits per heavy atom. The Kier molecular flexibility index (Phi) is 6.95. The predicted octanol–water partition coefficient (Wildman–Crippen LogP) is 6.40. The van der Waals surface area contributed by atoms with Crippen LogP contribution < -0.4 is 0 Å². The smallest absolute Gasteiger partial charge is 0.392 e. The number of aromatic nitrogens is 1. The van der Waals surface area contributed by atoms with Gasteiger partial charge in [0.15, 0.2) is 5.69 Å². The lowest BCUT2D eigenvalue weighted by molar-refractivity contribution is -0.142. The van der Waals surface area contributed by atoms with Gasteiger partial charge in [-0.2, -0.15) is 13.2 Å². The fourth-order valence-electron chi connectivity index (χ4n) is 3.64. The van der Waals surface area contributed by atoms with Gasteiger partial charge in [-0.25, -0.2) is 13.8 Å². The van der Waals surface area contributed by atoms with E-state index < -0.39 is 47.8 Å². The lowest BCUT2D eigenvalue weighted by atomic mass is 9.86. The van der Waals surface area contributed by atoms with Crippen LogP contribution in [0.25, 0.3) is 11.1 Å². The van der Waals surface area contributed by atoms with Crippen molar-refractivity contribution >= 4 is 0 Å². The summed E-state index contributed by atoms with van der Waals surface area (Å²) in [6.45, 7) is 2.92. The summed E-state index contributed by atoms with van der Waals surface area (Å²) in [4.78, 5) is 3.20. The molecule has 1 unspecified atom stereocenters. The summed E-state index contributed by atoms with van der Waals surface area (Å²) >= 11 is 0. The summed E-state index contributed by atoms with van der Waals surface area (Å²) in [5, 5.41) is 20.9. The average molecular weight is 451 g/mol. The molecule has 2 aromatic carbocycles. The number of aliphatic hydroxyl groups excluding tert-OH is 2. The van der Waals surface area contributed by atoms with Crippen LogP contribution in [0.4, 0.5) is 22.0 Å². The van der Waals surface area contributed by atoms with Crippen LogP contribution in [0, 0.1) is 0 Å². The highest BCUT2D eigenvalue weighted by Gasteiger charge is 2.41. The molecule has 170 valence electrons. The first-order valence-electron chi connectivity index (χ1n) is 9.92. The van der Waals surface area contributed by atoms with E-state index in [4.69, 9.17) is 0 Å². The Hall–Kier alpha value is -2.84. The molecule has 0 bridgehead atoms. The van der Waals surface area contributed by atoms with Crippen LogP contribution in [-0.4, -0.2) is 15.2 Å². The van der Waals surface area contributed by atoms with Crippen molar-refractivity contribution < 1.29 is 32.2 Å². The van der Waals surface area contributed by atoms with Gasteiger partial charge in [-0.15, -0.1) is 0 Å². The maximum Gasteiger partial charge on any atom is 0.433 e. The van der Waals surface area contributed by atoms with Crippen LogP contribution in [-0.2, 0) is 12.8 Å². The highest BCUT2D eigenvalue weighted by atomic mass is 19.4. The number of nitrogens with zero attached hydrogens (tertiary/aromatic N) is 1. The lowest BCUT2D eigenvalue weighted by Crippen LogP contribution is -2.20. The molecule has 32 heavy (non-hydrogen) atoms. The zero-order valence-electron chi connectivity index (χ0n) is 17.4. The molecule has 0 aliphatic carbocycles. The van der Waals surface area contributed by atoms with Gasteiger partial charge < -0.3 is 10.2 Å². The minimum absolute atomic E-state index is 0.146. The summed E-state index contributed by atoms with van der Waals surface area (Å²) in [5.74, 6) is 0.166. The van der Waals surface area contributed by atoms with E-state index in [1.54, 1.807) is 18.2 Å². The van der Waals surface area contributed by atoms with Gasteiger partial charge in [0.05, 0.1) is 6.61 Å². The summed E-state index contributed by atoms with van der Waals surface area (Å²) < 4.78 is 69.3. The van der Waals surface area contributed by atoms with Crippen LogP contribution in [0.15, 0.2) is 54.6 Å². The number of hydrogen-bond donors (Lipinski definition) is 2. The molecule has 3 aromatic rings. The lowest BCUT2D eigenvalue weighted by Gasteiger charge is -2.25. The maximum absolute atomic E-state index is 14.0. The second-order valence-corrected chi connectivity index (χ2v) is 7.66. The number of halogens is 5. The molecule has 3 nitrogen and oxygen atoms in total. The van der Waals surface area contributed by atoms with Crippen LogP contribution in [0.3, 0.4) is 0 Å². The number of hydrogen-bond acceptors (Lipinski definition) is 3. The van der Waals surface area contributed by atoms with Crippen LogP contribution in [0.1, 0.15) is 65.9 Å². The number of pyridine rings is 1. The Morgan fingerprint density at radius 3 is 1.94 bits per heavy atom. The number of alkyl halides is 5. The summed E-state index contributed by atoms with van der Waals surface area (Å²) in [6.07, 6.45) is -10.3. The van der Waals surface area contributed by atoms with Gasteiger partial charge in [0.1, 0.15) is 11.8 Å². The highest BCUT2D eigenvalue weighted by molar-refractivity contribution is 5.74. The van der Waals surface area contributed by atoms with Crippen LogP contribution in [0.5, 0.6) is 0 Å². The molecule has 0 fully saturated rings. The Morgan fingerprint density at radius 1 is 0.906 bits per heavy atom. The molecule has 1 atom stereocenters. The van der Waals surface area contributed by atoms with Crippen molar-refractivity contribution in [1.82, 2.24) is 4.98 Å². The first kappa shape index (κ1) is 23.8. The van der Waals surface area contributed by atoms with E-state index in [0.29, 0.717) is 0 Å². The van der Waals surface area contributed by atoms with Gasteiger partial charge in [-0.05, 0) is 28.2 Å². The zero-order valence-corrected chi connectivity index (χ0v) is 17.4. The molecular formula is C24H22F5NO2. The third kappa shape index (κ3) is 4.66. The van der Waals surface area contributed by atoms with E-state index in [1.165, 1.54) is 36.4 Å². The van der Waals surface area contributed by atoms with E-state index in [9.17, 15) is 32.2 Å². The first-order chi connectivity index (χ1) is 15.1. The standard InChI is InChI=1S/C24H22F5NO2/c1-13(2)14-8-10-16(11-9-14)21(32)19-18(15-6-4-3-5-7-15)17(12-31)20(23(25)26)30-22(19)24(27,28)29/h3-11,13,21,23,31-32H,12H2,1-2H3. The van der Waals surface area contributed by atoms with Gasteiger partial charge in [0.25, 0.3) is 6.43 Å². The van der Waals surface area contributed by atoms with Gasteiger partial charge in [-0.1, -0.05) is 68.4 Å². The minimum atomic E-state index is -5.12. The quantitative estimate of drug-likeness (QED) is 0.426. The molecule has 2 N–H and O–H groups in total. The van der Waals surface area contributed by atoms with E-state index in [1.807, 2.05) is 13.8 Å². The Balaban J connectivity index is 2.38. The van der Waals surface area contributed by atoms with E-state index in [-0.39, 0.29) is 22.6 Å². The molecule has 0 spiro atoms. The van der Waals surface area contributed by atoms with Crippen molar-refractivity contribution in [2.45, 2.75) is 45.1 Å². The molecule has 0 amide bonds. The largest absolute Gasteiger partial charge is 0.433 e. The number of rotatable bonds is 6. The van der Waals surface area contributed by atoms with Crippen molar-refractivity contribution in [2.24, 2.45) is 0 Å². The number of benzene rings is 2. The summed E-state index contributed by atoms with van der Waals surface area (Å²) in [6, 6.07) is 13.9. The molecule has 0 aliphatic rings. The van der Waals surface area contributed by atoms with Crippen LogP contribution in [0.2, 0.25) is 0 Å². The predicted molar refractivity (Wildman–Crippen MR) is 110 cm³/mol. The molecule has 0 radical (unpaired) electrons. The highest BCUT2D eigenvalue weighted by Crippen LogP contribution is 2.44. The SMILES string of the molecule is CC(C)c1ccc(C(O)c2c(C(F)(F)F)nc(C(F)F)c(CO)c2-c2ccccc2)cc1. The minimum Gasteiger partial charge on any atom is -0.392 e. The zero-order chi connectivity index (χ0) is 23.6. The molecular weight excluding hydrogens is 429 g/mol. The molecule has 8 heteroatoms. The fourth-order valence-corrected chi connectivity index (χ4v) is 3.64. The van der Waals surface area contributed by atoms with Gasteiger partial charge >= 0.3 is 6.18 Å². The fraction of sp³-hybridized carbons (Fsp3) is 0.292. The Labute approximate surface area is 182 Å². The molecule has 0 saturated carbocycles.